The van der Waals surface area contributed by atoms with Crippen molar-refractivity contribution in [3.05, 3.63) is 59.7 Å². The largest absolute Gasteiger partial charge is 0.494 e. The average molecular weight is 397 g/mol. The van der Waals surface area contributed by atoms with E-state index in [2.05, 4.69) is 22.9 Å². The van der Waals surface area contributed by atoms with Crippen molar-refractivity contribution < 1.29 is 19.1 Å². The van der Waals surface area contributed by atoms with Crippen LogP contribution in [0.2, 0.25) is 0 Å². The van der Waals surface area contributed by atoms with Crippen molar-refractivity contribution in [3.63, 3.8) is 0 Å². The van der Waals surface area contributed by atoms with Gasteiger partial charge >= 0.3 is 0 Å². The molecule has 3 amide bonds. The van der Waals surface area contributed by atoms with Gasteiger partial charge in [0.15, 0.2) is 0 Å². The Labute approximate surface area is 170 Å². The molecule has 0 saturated heterocycles. The quantitative estimate of drug-likeness (QED) is 0.537. The van der Waals surface area contributed by atoms with E-state index in [4.69, 9.17) is 4.74 Å². The highest BCUT2D eigenvalue weighted by molar-refractivity contribution is 5.96. The Bertz CT molecular complexity index is 817. The van der Waals surface area contributed by atoms with Gasteiger partial charge in [0.1, 0.15) is 5.75 Å². The topological polar surface area (TPSA) is 96.5 Å². The lowest BCUT2D eigenvalue weighted by Crippen LogP contribution is -2.34. The Balaban J connectivity index is 1.71. The lowest BCUT2D eigenvalue weighted by Gasteiger charge is -2.09. The molecule has 0 heterocycles. The second-order valence-corrected chi connectivity index (χ2v) is 6.50. The van der Waals surface area contributed by atoms with Gasteiger partial charge in [0, 0.05) is 36.8 Å². The van der Waals surface area contributed by atoms with Gasteiger partial charge in [-0.15, -0.1) is 0 Å². The summed E-state index contributed by atoms with van der Waals surface area (Å²) in [7, 11) is 0. The number of benzene rings is 2. The van der Waals surface area contributed by atoms with Gasteiger partial charge in [0.2, 0.25) is 5.91 Å². The fourth-order valence-corrected chi connectivity index (χ4v) is 2.50. The fraction of sp³-hybridized carbons (Fsp3) is 0.318. The van der Waals surface area contributed by atoms with E-state index < -0.39 is 0 Å². The van der Waals surface area contributed by atoms with Crippen LogP contribution < -0.4 is 20.7 Å². The first-order valence-corrected chi connectivity index (χ1v) is 9.66. The molecule has 0 aliphatic heterocycles. The van der Waals surface area contributed by atoms with Crippen molar-refractivity contribution in [2.45, 2.75) is 26.7 Å². The van der Waals surface area contributed by atoms with E-state index >= 15 is 0 Å². The first kappa shape index (κ1) is 21.9. The van der Waals surface area contributed by atoms with Gasteiger partial charge in [-0.05, 0) is 55.0 Å². The molecule has 0 aliphatic carbocycles. The van der Waals surface area contributed by atoms with Crippen LogP contribution in [0.4, 0.5) is 5.69 Å². The summed E-state index contributed by atoms with van der Waals surface area (Å²) in [6.07, 6.45) is 2.06. The normalized spacial score (nSPS) is 10.1. The molecule has 2 aromatic carbocycles. The van der Waals surface area contributed by atoms with Crippen LogP contribution in [-0.2, 0) is 4.79 Å². The SMILES string of the molecule is CCCCOc1ccc(C(=O)NCCNC(=O)c2ccc(NC(C)=O)cc2)cc1. The number of anilines is 1. The number of unbranched alkanes of at least 4 members (excludes halogenated alkanes) is 1. The molecule has 3 N–H and O–H groups in total. The van der Waals surface area contributed by atoms with Crippen molar-refractivity contribution in [1.82, 2.24) is 10.6 Å². The molecule has 29 heavy (non-hydrogen) atoms. The molecule has 0 aromatic heterocycles. The lowest BCUT2D eigenvalue weighted by molar-refractivity contribution is -0.114. The predicted molar refractivity (Wildman–Crippen MR) is 112 cm³/mol. The Kier molecular flexibility index (Phi) is 8.69. The lowest BCUT2D eigenvalue weighted by atomic mass is 10.2. The van der Waals surface area contributed by atoms with Crippen molar-refractivity contribution in [2.24, 2.45) is 0 Å². The molecule has 7 nitrogen and oxygen atoms in total. The van der Waals surface area contributed by atoms with Crippen LogP contribution in [0.1, 0.15) is 47.4 Å². The molecule has 154 valence electrons. The first-order valence-electron chi connectivity index (χ1n) is 9.66. The summed E-state index contributed by atoms with van der Waals surface area (Å²) < 4.78 is 5.57. The van der Waals surface area contributed by atoms with E-state index in [-0.39, 0.29) is 17.7 Å². The highest BCUT2D eigenvalue weighted by Crippen LogP contribution is 2.13. The van der Waals surface area contributed by atoms with Crippen molar-refractivity contribution in [3.8, 4) is 5.75 Å². The molecule has 0 saturated carbocycles. The molecule has 0 unspecified atom stereocenters. The third-order valence-electron chi connectivity index (χ3n) is 4.05. The summed E-state index contributed by atoms with van der Waals surface area (Å²) >= 11 is 0. The highest BCUT2D eigenvalue weighted by Gasteiger charge is 2.07. The number of nitrogens with one attached hydrogen (secondary N) is 3. The third kappa shape index (κ3) is 7.65. The van der Waals surface area contributed by atoms with Gasteiger partial charge in [0.25, 0.3) is 11.8 Å². The number of rotatable bonds is 10. The molecule has 0 aliphatic rings. The van der Waals surface area contributed by atoms with Gasteiger partial charge < -0.3 is 20.7 Å². The number of carbonyl (C=O) groups excluding carboxylic acids is 3. The minimum atomic E-state index is -0.248. The molecule has 2 aromatic rings. The fourth-order valence-electron chi connectivity index (χ4n) is 2.50. The van der Waals surface area contributed by atoms with Gasteiger partial charge in [-0.2, -0.15) is 0 Å². The van der Waals surface area contributed by atoms with Crippen LogP contribution in [-0.4, -0.2) is 37.4 Å². The van der Waals surface area contributed by atoms with Crippen LogP contribution in [0, 0.1) is 0 Å². The molecular formula is C22H27N3O4. The van der Waals surface area contributed by atoms with E-state index in [1.54, 1.807) is 48.5 Å². The van der Waals surface area contributed by atoms with Gasteiger partial charge in [-0.3, -0.25) is 14.4 Å². The zero-order valence-electron chi connectivity index (χ0n) is 16.8. The third-order valence-corrected chi connectivity index (χ3v) is 4.05. The molecule has 7 heteroatoms. The van der Waals surface area contributed by atoms with E-state index in [0.717, 1.165) is 18.6 Å². The summed E-state index contributed by atoms with van der Waals surface area (Å²) in [4.78, 5) is 35.3. The standard InChI is InChI=1S/C22H27N3O4/c1-3-4-15-29-20-11-7-18(8-12-20)22(28)24-14-13-23-21(27)17-5-9-19(10-6-17)25-16(2)26/h5-12H,3-4,13-15H2,1-2H3,(H,23,27)(H,24,28)(H,25,26). The smallest absolute Gasteiger partial charge is 0.251 e. The zero-order valence-corrected chi connectivity index (χ0v) is 16.8. The Morgan fingerprint density at radius 1 is 0.828 bits per heavy atom. The van der Waals surface area contributed by atoms with Crippen LogP contribution >= 0.6 is 0 Å². The first-order chi connectivity index (χ1) is 14.0. The number of hydrogen-bond donors (Lipinski definition) is 3. The molecule has 0 radical (unpaired) electrons. The van der Waals surface area contributed by atoms with Gasteiger partial charge in [-0.25, -0.2) is 0 Å². The minimum Gasteiger partial charge on any atom is -0.494 e. The number of amides is 3. The van der Waals surface area contributed by atoms with Crippen molar-refractivity contribution in [2.75, 3.05) is 25.0 Å². The maximum Gasteiger partial charge on any atom is 0.251 e. The van der Waals surface area contributed by atoms with Gasteiger partial charge in [0.05, 0.1) is 6.61 Å². The number of carbonyl (C=O) groups is 3. The summed E-state index contributed by atoms with van der Waals surface area (Å²) in [6.45, 7) is 4.80. The summed E-state index contributed by atoms with van der Waals surface area (Å²) in [5, 5.41) is 8.15. The number of ether oxygens (including phenoxy) is 1. The molecular weight excluding hydrogens is 370 g/mol. The minimum absolute atomic E-state index is 0.170. The van der Waals surface area contributed by atoms with Gasteiger partial charge in [-0.1, -0.05) is 13.3 Å². The maximum absolute atomic E-state index is 12.2. The van der Waals surface area contributed by atoms with Crippen molar-refractivity contribution in [1.29, 1.82) is 0 Å². The Morgan fingerprint density at radius 3 is 1.83 bits per heavy atom. The number of hydrogen-bond acceptors (Lipinski definition) is 4. The van der Waals surface area contributed by atoms with Crippen molar-refractivity contribution >= 4 is 23.4 Å². The predicted octanol–water partition coefficient (Wildman–Crippen LogP) is 2.98. The molecule has 0 spiro atoms. The van der Waals surface area contributed by atoms with E-state index in [1.165, 1.54) is 6.92 Å². The Morgan fingerprint density at radius 2 is 1.34 bits per heavy atom. The zero-order chi connectivity index (χ0) is 21.1. The van der Waals surface area contributed by atoms with E-state index in [0.29, 0.717) is 36.5 Å². The van der Waals surface area contributed by atoms with Crippen LogP contribution in [0.5, 0.6) is 5.75 Å². The second kappa shape index (κ2) is 11.5. The van der Waals surface area contributed by atoms with Crippen LogP contribution in [0.25, 0.3) is 0 Å². The molecule has 2 rings (SSSR count). The summed E-state index contributed by atoms with van der Waals surface area (Å²) in [6, 6.07) is 13.6. The summed E-state index contributed by atoms with van der Waals surface area (Å²) in [5.41, 5.74) is 1.64. The molecule has 0 bridgehead atoms. The molecule has 0 fully saturated rings. The van der Waals surface area contributed by atoms with E-state index in [9.17, 15) is 14.4 Å². The summed E-state index contributed by atoms with van der Waals surface area (Å²) in [5.74, 6) is 0.115. The second-order valence-electron chi connectivity index (χ2n) is 6.50. The van der Waals surface area contributed by atoms with Crippen LogP contribution in [0.15, 0.2) is 48.5 Å². The Hall–Kier alpha value is -3.35. The molecule has 0 atom stereocenters. The monoisotopic (exact) mass is 397 g/mol. The van der Waals surface area contributed by atoms with Crippen LogP contribution in [0.3, 0.4) is 0 Å². The highest BCUT2D eigenvalue weighted by atomic mass is 16.5. The average Bonchev–Trinajstić information content (AvgIpc) is 2.71. The van der Waals surface area contributed by atoms with E-state index in [1.807, 2.05) is 0 Å². The maximum atomic E-state index is 12.2.